The van der Waals surface area contributed by atoms with E-state index in [0.29, 0.717) is 35.6 Å². The number of hydrogen-bond acceptors (Lipinski definition) is 4. The van der Waals surface area contributed by atoms with Crippen LogP contribution in [0.5, 0.6) is 0 Å². The smallest absolute Gasteiger partial charge is 0.319 e. The highest BCUT2D eigenvalue weighted by Crippen LogP contribution is 2.20. The third-order valence-corrected chi connectivity index (χ3v) is 4.14. The zero-order valence-corrected chi connectivity index (χ0v) is 16.6. The van der Waals surface area contributed by atoms with Gasteiger partial charge >= 0.3 is 6.03 Å². The summed E-state index contributed by atoms with van der Waals surface area (Å²) in [6.07, 6.45) is 1.99. The normalized spacial score (nSPS) is 12.3. The van der Waals surface area contributed by atoms with Gasteiger partial charge in [0.15, 0.2) is 0 Å². The number of carbonyl (C=O) groups is 3. The van der Waals surface area contributed by atoms with Crippen molar-refractivity contribution in [3.63, 3.8) is 0 Å². The maximum absolute atomic E-state index is 12.6. The highest BCUT2D eigenvalue weighted by molar-refractivity contribution is 6.09. The van der Waals surface area contributed by atoms with Crippen LogP contribution in [0.1, 0.15) is 33.6 Å². The van der Waals surface area contributed by atoms with Crippen LogP contribution >= 0.6 is 12.4 Å². The van der Waals surface area contributed by atoms with Crippen LogP contribution in [0, 0.1) is 0 Å². The van der Waals surface area contributed by atoms with Crippen molar-refractivity contribution in [2.24, 2.45) is 5.73 Å². The average Bonchev–Trinajstić information content (AvgIpc) is 3.50. The lowest BCUT2D eigenvalue weighted by Gasteiger charge is -2.12. The van der Waals surface area contributed by atoms with Crippen LogP contribution in [-0.2, 0) is 0 Å². The Morgan fingerprint density at radius 3 is 2.45 bits per heavy atom. The zero-order valence-electron chi connectivity index (χ0n) is 15.7. The minimum absolute atomic E-state index is 0. The largest absolute Gasteiger partial charge is 0.351 e. The van der Waals surface area contributed by atoms with Crippen LogP contribution in [0.25, 0.3) is 0 Å². The number of rotatable bonds is 7. The van der Waals surface area contributed by atoms with E-state index in [9.17, 15) is 14.4 Å². The van der Waals surface area contributed by atoms with E-state index in [-0.39, 0.29) is 36.3 Å². The maximum Gasteiger partial charge on any atom is 0.319 e. The molecule has 1 aliphatic carbocycles. The Labute approximate surface area is 175 Å². The standard InChI is InChI=1S/C20H23N5O3.ClH/c21-10-11-22-19(27)16-6-1-2-7-17(16)25-18(26)13-4-3-5-15(12-13)24-20(28)23-14-8-9-14;/h1-7,12,14H,8-11,21H2,(H,22,27)(H,25,26)(H2,23,24,28);1H. The first-order valence-corrected chi connectivity index (χ1v) is 9.13. The van der Waals surface area contributed by atoms with Gasteiger partial charge in [0.05, 0.1) is 11.3 Å². The van der Waals surface area contributed by atoms with Crippen molar-refractivity contribution in [3.05, 3.63) is 59.7 Å². The van der Waals surface area contributed by atoms with Gasteiger partial charge in [-0.05, 0) is 43.2 Å². The number of amides is 4. The summed E-state index contributed by atoms with van der Waals surface area (Å²) in [6.45, 7) is 0.673. The van der Waals surface area contributed by atoms with Gasteiger partial charge in [0, 0.05) is 30.4 Å². The molecule has 8 nitrogen and oxygen atoms in total. The van der Waals surface area contributed by atoms with Crippen molar-refractivity contribution in [2.45, 2.75) is 18.9 Å². The van der Waals surface area contributed by atoms with Gasteiger partial charge in [0.1, 0.15) is 0 Å². The summed E-state index contributed by atoms with van der Waals surface area (Å²) in [6, 6.07) is 13.3. The number of para-hydroxylation sites is 1. The van der Waals surface area contributed by atoms with Gasteiger partial charge in [-0.2, -0.15) is 0 Å². The lowest BCUT2D eigenvalue weighted by atomic mass is 10.1. The molecule has 0 bridgehead atoms. The van der Waals surface area contributed by atoms with Crippen molar-refractivity contribution >= 4 is 41.6 Å². The molecule has 154 valence electrons. The molecule has 2 aromatic rings. The third kappa shape index (κ3) is 6.48. The second kappa shape index (κ2) is 10.4. The predicted molar refractivity (Wildman–Crippen MR) is 115 cm³/mol. The molecule has 0 aromatic heterocycles. The van der Waals surface area contributed by atoms with E-state index in [1.54, 1.807) is 48.5 Å². The molecule has 4 amide bonds. The molecule has 9 heteroatoms. The number of benzene rings is 2. The Kier molecular flexibility index (Phi) is 7.99. The van der Waals surface area contributed by atoms with Gasteiger partial charge in [-0.3, -0.25) is 9.59 Å². The Hall–Kier alpha value is -3.10. The molecule has 6 N–H and O–H groups in total. The number of nitrogens with one attached hydrogen (secondary N) is 4. The van der Waals surface area contributed by atoms with Gasteiger partial charge in [-0.25, -0.2) is 4.79 Å². The predicted octanol–water partition coefficient (Wildman–Crippen LogP) is 2.33. The van der Waals surface area contributed by atoms with Gasteiger partial charge in [0.2, 0.25) is 0 Å². The minimum Gasteiger partial charge on any atom is -0.351 e. The van der Waals surface area contributed by atoms with E-state index in [2.05, 4.69) is 21.3 Å². The lowest BCUT2D eigenvalue weighted by Crippen LogP contribution is -2.30. The molecule has 0 unspecified atom stereocenters. The summed E-state index contributed by atoms with van der Waals surface area (Å²) < 4.78 is 0. The highest BCUT2D eigenvalue weighted by atomic mass is 35.5. The first-order valence-electron chi connectivity index (χ1n) is 9.13. The number of anilines is 2. The molecular formula is C20H24ClN5O3. The third-order valence-electron chi connectivity index (χ3n) is 4.14. The van der Waals surface area contributed by atoms with Crippen molar-refractivity contribution in [2.75, 3.05) is 23.7 Å². The highest BCUT2D eigenvalue weighted by Gasteiger charge is 2.23. The van der Waals surface area contributed by atoms with Gasteiger partial charge in [0.25, 0.3) is 11.8 Å². The first kappa shape index (κ1) is 22.2. The number of hydrogen-bond donors (Lipinski definition) is 5. The van der Waals surface area contributed by atoms with Crippen molar-refractivity contribution in [1.29, 1.82) is 0 Å². The molecular weight excluding hydrogens is 394 g/mol. The fourth-order valence-corrected chi connectivity index (χ4v) is 2.58. The maximum atomic E-state index is 12.6. The second-order valence-electron chi connectivity index (χ2n) is 6.50. The number of carbonyl (C=O) groups excluding carboxylic acids is 3. The summed E-state index contributed by atoms with van der Waals surface area (Å²) in [5, 5.41) is 11.0. The van der Waals surface area contributed by atoms with Crippen molar-refractivity contribution in [1.82, 2.24) is 10.6 Å². The van der Waals surface area contributed by atoms with E-state index in [1.165, 1.54) is 0 Å². The van der Waals surface area contributed by atoms with E-state index in [1.807, 2.05) is 0 Å². The second-order valence-corrected chi connectivity index (χ2v) is 6.50. The molecule has 0 radical (unpaired) electrons. The summed E-state index contributed by atoms with van der Waals surface area (Å²) in [4.78, 5) is 36.7. The van der Waals surface area contributed by atoms with E-state index < -0.39 is 0 Å². The Morgan fingerprint density at radius 2 is 1.72 bits per heavy atom. The number of nitrogens with two attached hydrogens (primary N) is 1. The minimum atomic E-state index is -0.384. The van der Waals surface area contributed by atoms with Gasteiger partial charge in [-0.1, -0.05) is 18.2 Å². The summed E-state index contributed by atoms with van der Waals surface area (Å²) in [5.41, 5.74) is 7.03. The van der Waals surface area contributed by atoms with Crippen LogP contribution in [0.4, 0.5) is 16.2 Å². The van der Waals surface area contributed by atoms with Crippen LogP contribution in [0.2, 0.25) is 0 Å². The van der Waals surface area contributed by atoms with E-state index in [0.717, 1.165) is 12.8 Å². The van der Waals surface area contributed by atoms with Crippen molar-refractivity contribution in [3.8, 4) is 0 Å². The molecule has 2 aromatic carbocycles. The number of urea groups is 1. The topological polar surface area (TPSA) is 125 Å². The zero-order chi connectivity index (χ0) is 19.9. The number of halogens is 1. The van der Waals surface area contributed by atoms with Crippen LogP contribution in [0.3, 0.4) is 0 Å². The summed E-state index contributed by atoms with van der Waals surface area (Å²) in [7, 11) is 0. The van der Waals surface area contributed by atoms with Gasteiger partial charge in [-0.15, -0.1) is 12.4 Å². The van der Waals surface area contributed by atoms with Gasteiger partial charge < -0.3 is 27.0 Å². The molecule has 0 heterocycles. The Bertz CT molecular complexity index is 886. The fourth-order valence-electron chi connectivity index (χ4n) is 2.58. The monoisotopic (exact) mass is 417 g/mol. The quantitative estimate of drug-likeness (QED) is 0.474. The molecule has 0 saturated heterocycles. The molecule has 1 aliphatic rings. The Balaban J connectivity index is 0.00000300. The molecule has 3 rings (SSSR count). The van der Waals surface area contributed by atoms with Crippen LogP contribution in [0.15, 0.2) is 48.5 Å². The van der Waals surface area contributed by atoms with Crippen LogP contribution in [-0.4, -0.2) is 37.0 Å². The Morgan fingerprint density at radius 1 is 0.966 bits per heavy atom. The fraction of sp³-hybridized carbons (Fsp3) is 0.250. The van der Waals surface area contributed by atoms with Crippen LogP contribution < -0.4 is 27.0 Å². The molecule has 1 fully saturated rings. The molecule has 1 saturated carbocycles. The lowest BCUT2D eigenvalue weighted by molar-refractivity contribution is 0.0955. The average molecular weight is 418 g/mol. The van der Waals surface area contributed by atoms with E-state index >= 15 is 0 Å². The molecule has 0 aliphatic heterocycles. The van der Waals surface area contributed by atoms with Crippen molar-refractivity contribution < 1.29 is 14.4 Å². The first-order chi connectivity index (χ1) is 13.6. The molecule has 29 heavy (non-hydrogen) atoms. The molecule has 0 spiro atoms. The molecule has 0 atom stereocenters. The summed E-state index contributed by atoms with van der Waals surface area (Å²) >= 11 is 0. The summed E-state index contributed by atoms with van der Waals surface area (Å²) in [5.74, 6) is -0.696. The SMILES string of the molecule is Cl.NCCNC(=O)c1ccccc1NC(=O)c1cccc(NC(=O)NC2CC2)c1. The van der Waals surface area contributed by atoms with E-state index in [4.69, 9.17) is 5.73 Å².